The Bertz CT molecular complexity index is 436. The number of likely N-dealkylation sites (N-methyl/N-ethyl adjacent to an activating group) is 1. The van der Waals surface area contributed by atoms with E-state index in [1.54, 1.807) is 0 Å². The van der Waals surface area contributed by atoms with Crippen molar-refractivity contribution < 1.29 is 4.79 Å². The van der Waals surface area contributed by atoms with Gasteiger partial charge in [0, 0.05) is 18.6 Å². The largest absolute Gasteiger partial charge is 0.345 e. The number of benzene rings is 1. The van der Waals surface area contributed by atoms with E-state index in [0.29, 0.717) is 0 Å². The van der Waals surface area contributed by atoms with Crippen LogP contribution in [0.4, 0.5) is 0 Å². The highest BCUT2D eigenvalue weighted by Gasteiger charge is 2.42. The molecule has 1 fully saturated rings. The van der Waals surface area contributed by atoms with Gasteiger partial charge in [-0.15, -0.1) is 0 Å². The highest BCUT2D eigenvalue weighted by Crippen LogP contribution is 2.41. The van der Waals surface area contributed by atoms with Gasteiger partial charge in [-0.3, -0.25) is 4.79 Å². The third kappa shape index (κ3) is 7.40. The van der Waals surface area contributed by atoms with Crippen LogP contribution in [0.2, 0.25) is 5.02 Å². The number of nitrogens with zero attached hydrogens (tertiary/aromatic N) is 1. The van der Waals surface area contributed by atoms with Crippen LogP contribution in [0, 0.1) is 0 Å². The molecule has 1 saturated carbocycles. The summed E-state index contributed by atoms with van der Waals surface area (Å²) in [7, 11) is 1.90. The second-order valence-corrected chi connectivity index (χ2v) is 5.91. The van der Waals surface area contributed by atoms with Crippen molar-refractivity contribution in [2.75, 3.05) is 13.6 Å². The molecule has 0 spiro atoms. The van der Waals surface area contributed by atoms with Crippen molar-refractivity contribution >= 4 is 17.5 Å². The van der Waals surface area contributed by atoms with Crippen LogP contribution in [0.25, 0.3) is 0 Å². The van der Waals surface area contributed by atoms with Gasteiger partial charge in [0.15, 0.2) is 0 Å². The molecule has 0 radical (unpaired) electrons. The standard InChI is InChI=1S/C16H22ClNO.3C2H6/c1-3-18(2)15(19)16(11-5-4-6-12-16)13-7-9-14(17)10-8-13;3*1-2/h7-10H,3-6,11-12H2,1-2H3;3*1-2H3. The fourth-order valence-electron chi connectivity index (χ4n) is 3.06. The summed E-state index contributed by atoms with van der Waals surface area (Å²) in [5, 5.41) is 0.728. The molecule has 0 atom stereocenters. The number of rotatable bonds is 3. The van der Waals surface area contributed by atoms with Gasteiger partial charge in [0.05, 0.1) is 5.41 Å². The first kappa shape index (κ1) is 26.2. The van der Waals surface area contributed by atoms with E-state index in [0.717, 1.165) is 42.8 Å². The molecule has 2 rings (SSSR count). The maximum Gasteiger partial charge on any atom is 0.232 e. The Balaban J connectivity index is 0. The number of halogens is 1. The van der Waals surface area contributed by atoms with E-state index < -0.39 is 0 Å². The van der Waals surface area contributed by atoms with Gasteiger partial charge < -0.3 is 4.90 Å². The molecule has 0 saturated heterocycles. The molecule has 0 N–H and O–H groups in total. The first-order valence-electron chi connectivity index (χ1n) is 10.1. The highest BCUT2D eigenvalue weighted by atomic mass is 35.5. The van der Waals surface area contributed by atoms with Crippen LogP contribution < -0.4 is 0 Å². The fraction of sp³-hybridized carbons (Fsp3) is 0.682. The molecule has 0 aliphatic heterocycles. The van der Waals surface area contributed by atoms with Crippen LogP contribution in [-0.2, 0) is 10.2 Å². The number of amides is 1. The molecule has 1 aromatic carbocycles. The van der Waals surface area contributed by atoms with E-state index in [1.165, 1.54) is 6.42 Å². The molecule has 146 valence electrons. The van der Waals surface area contributed by atoms with Gasteiger partial charge in [0.1, 0.15) is 0 Å². The van der Waals surface area contributed by atoms with Crippen LogP contribution in [-0.4, -0.2) is 24.4 Å². The minimum absolute atomic E-state index is 0.261. The van der Waals surface area contributed by atoms with Crippen molar-refractivity contribution in [3.05, 3.63) is 34.9 Å². The van der Waals surface area contributed by atoms with Gasteiger partial charge in [0.2, 0.25) is 5.91 Å². The molecule has 3 heteroatoms. The zero-order valence-electron chi connectivity index (χ0n) is 17.8. The number of carbonyl (C=O) groups is 1. The smallest absolute Gasteiger partial charge is 0.232 e. The molecule has 0 bridgehead atoms. The lowest BCUT2D eigenvalue weighted by molar-refractivity contribution is -0.137. The van der Waals surface area contributed by atoms with E-state index in [9.17, 15) is 4.79 Å². The van der Waals surface area contributed by atoms with Crippen molar-refractivity contribution in [2.24, 2.45) is 0 Å². The van der Waals surface area contributed by atoms with Crippen LogP contribution >= 0.6 is 11.6 Å². The normalized spacial score (nSPS) is 14.4. The molecule has 0 aromatic heterocycles. The number of hydrogen-bond donors (Lipinski definition) is 0. The second kappa shape index (κ2) is 15.3. The third-order valence-corrected chi connectivity index (χ3v) is 4.59. The zero-order valence-corrected chi connectivity index (χ0v) is 18.5. The lowest BCUT2D eigenvalue weighted by Gasteiger charge is -2.39. The van der Waals surface area contributed by atoms with Gasteiger partial charge in [-0.1, -0.05) is 84.5 Å². The molecule has 1 aromatic rings. The minimum atomic E-state index is -0.326. The first-order valence-corrected chi connectivity index (χ1v) is 10.5. The molecule has 1 amide bonds. The summed E-state index contributed by atoms with van der Waals surface area (Å²) in [4.78, 5) is 14.7. The summed E-state index contributed by atoms with van der Waals surface area (Å²) in [6, 6.07) is 7.84. The Morgan fingerprint density at radius 2 is 1.40 bits per heavy atom. The van der Waals surface area contributed by atoms with Gasteiger partial charge in [0.25, 0.3) is 0 Å². The third-order valence-electron chi connectivity index (χ3n) is 4.33. The SMILES string of the molecule is CC.CC.CC.CCN(C)C(=O)C1(c2ccc(Cl)cc2)CCCCC1. The number of hydrogen-bond acceptors (Lipinski definition) is 1. The first-order chi connectivity index (χ1) is 12.1. The number of carbonyl (C=O) groups excluding carboxylic acids is 1. The Morgan fingerprint density at radius 3 is 1.80 bits per heavy atom. The Morgan fingerprint density at radius 1 is 0.960 bits per heavy atom. The van der Waals surface area contributed by atoms with Crippen LogP contribution in [0.1, 0.15) is 86.1 Å². The predicted octanol–water partition coefficient (Wildman–Crippen LogP) is 7.10. The lowest BCUT2D eigenvalue weighted by atomic mass is 9.68. The molecule has 25 heavy (non-hydrogen) atoms. The lowest BCUT2D eigenvalue weighted by Crippen LogP contribution is -2.46. The van der Waals surface area contributed by atoms with Crippen molar-refractivity contribution in [3.63, 3.8) is 0 Å². The van der Waals surface area contributed by atoms with E-state index in [2.05, 4.69) is 0 Å². The minimum Gasteiger partial charge on any atom is -0.345 e. The van der Waals surface area contributed by atoms with Gasteiger partial charge in [-0.25, -0.2) is 0 Å². The average molecular weight is 370 g/mol. The molecule has 2 nitrogen and oxygen atoms in total. The maximum atomic E-state index is 12.8. The molecule has 1 aliphatic carbocycles. The van der Waals surface area contributed by atoms with Crippen molar-refractivity contribution in [1.82, 2.24) is 4.90 Å². The molecular formula is C22H40ClNO. The Hall–Kier alpha value is -1.02. The monoisotopic (exact) mass is 369 g/mol. The maximum absolute atomic E-state index is 12.8. The average Bonchev–Trinajstić information content (AvgIpc) is 2.72. The Labute approximate surface area is 162 Å². The van der Waals surface area contributed by atoms with Crippen molar-refractivity contribution in [3.8, 4) is 0 Å². The van der Waals surface area contributed by atoms with E-state index in [1.807, 2.05) is 84.7 Å². The summed E-state index contributed by atoms with van der Waals surface area (Å²) in [6.45, 7) is 14.8. The quantitative estimate of drug-likeness (QED) is 0.556. The zero-order chi connectivity index (χ0) is 19.9. The summed E-state index contributed by atoms with van der Waals surface area (Å²) in [5.41, 5.74) is 0.801. The van der Waals surface area contributed by atoms with Crippen molar-refractivity contribution in [2.45, 2.75) is 86.0 Å². The summed E-state index contributed by atoms with van der Waals surface area (Å²) in [6.07, 6.45) is 5.41. The van der Waals surface area contributed by atoms with Gasteiger partial charge in [-0.05, 0) is 37.5 Å². The summed E-state index contributed by atoms with van der Waals surface area (Å²) < 4.78 is 0. The van der Waals surface area contributed by atoms with Crippen LogP contribution in [0.5, 0.6) is 0 Å². The van der Waals surface area contributed by atoms with Crippen molar-refractivity contribution in [1.29, 1.82) is 0 Å². The summed E-state index contributed by atoms with van der Waals surface area (Å²) in [5.74, 6) is 0.261. The van der Waals surface area contributed by atoms with E-state index >= 15 is 0 Å². The molecule has 0 heterocycles. The summed E-state index contributed by atoms with van der Waals surface area (Å²) >= 11 is 5.97. The van der Waals surface area contributed by atoms with Gasteiger partial charge >= 0.3 is 0 Å². The second-order valence-electron chi connectivity index (χ2n) is 5.47. The molecule has 0 unspecified atom stereocenters. The predicted molar refractivity (Wildman–Crippen MR) is 114 cm³/mol. The van der Waals surface area contributed by atoms with E-state index in [4.69, 9.17) is 11.6 Å². The van der Waals surface area contributed by atoms with E-state index in [-0.39, 0.29) is 11.3 Å². The molecular weight excluding hydrogens is 330 g/mol. The van der Waals surface area contributed by atoms with Crippen LogP contribution in [0.3, 0.4) is 0 Å². The van der Waals surface area contributed by atoms with Crippen LogP contribution in [0.15, 0.2) is 24.3 Å². The Kier molecular flexibility index (Phi) is 16.0. The highest BCUT2D eigenvalue weighted by molar-refractivity contribution is 6.30. The molecule has 1 aliphatic rings. The topological polar surface area (TPSA) is 20.3 Å². The fourth-order valence-corrected chi connectivity index (χ4v) is 3.19. The van der Waals surface area contributed by atoms with Gasteiger partial charge in [-0.2, -0.15) is 0 Å².